The number of hydrogen-bond acceptors (Lipinski definition) is 5. The number of halogens is 1. The van der Waals surface area contributed by atoms with Crippen molar-refractivity contribution in [1.29, 1.82) is 0 Å². The first-order valence-electron chi connectivity index (χ1n) is 10.1. The molecule has 0 radical (unpaired) electrons. The Morgan fingerprint density at radius 1 is 0.967 bits per heavy atom. The van der Waals surface area contributed by atoms with Gasteiger partial charge in [-0.3, -0.25) is 9.69 Å². The van der Waals surface area contributed by atoms with E-state index in [1.54, 1.807) is 0 Å². The Kier molecular flexibility index (Phi) is 10.1. The Balaban J connectivity index is 0.000000469. The number of carbonyl (C=O) groups is 3. The molecule has 0 atom stereocenters. The number of hydrogen-bond donors (Lipinski definition) is 2. The van der Waals surface area contributed by atoms with Crippen molar-refractivity contribution in [3.05, 3.63) is 34.9 Å². The van der Waals surface area contributed by atoms with Crippen molar-refractivity contribution >= 4 is 29.4 Å². The van der Waals surface area contributed by atoms with Crippen LogP contribution in [0.2, 0.25) is 5.02 Å². The van der Waals surface area contributed by atoms with Crippen LogP contribution in [0, 0.1) is 5.92 Å². The first-order chi connectivity index (χ1) is 14.3. The molecular weight excluding hydrogens is 412 g/mol. The van der Waals surface area contributed by atoms with Crippen LogP contribution in [0.3, 0.4) is 0 Å². The van der Waals surface area contributed by atoms with Crippen LogP contribution in [-0.2, 0) is 25.7 Å². The van der Waals surface area contributed by atoms with E-state index in [-0.39, 0.29) is 0 Å². The summed E-state index contributed by atoms with van der Waals surface area (Å²) in [6.45, 7) is 5.96. The van der Waals surface area contributed by atoms with Crippen LogP contribution in [0.5, 0.6) is 0 Å². The second kappa shape index (κ2) is 12.5. The van der Waals surface area contributed by atoms with Gasteiger partial charge < -0.3 is 19.8 Å². The normalized spacial score (nSPS) is 17.3. The lowest BCUT2D eigenvalue weighted by atomic mass is 9.98. The first kappa shape index (κ1) is 24.1. The lowest BCUT2D eigenvalue weighted by Crippen LogP contribution is -2.43. The number of carboxylic acids is 2. The van der Waals surface area contributed by atoms with Crippen LogP contribution in [0.25, 0.3) is 0 Å². The van der Waals surface area contributed by atoms with Gasteiger partial charge in [-0.25, -0.2) is 9.59 Å². The summed E-state index contributed by atoms with van der Waals surface area (Å²) in [7, 11) is 0. The molecule has 2 heterocycles. The minimum Gasteiger partial charge on any atom is -0.473 e. The third-order valence-electron chi connectivity index (χ3n) is 5.24. The number of benzene rings is 1. The Bertz CT molecular complexity index is 686. The number of aliphatic carboxylic acids is 2. The predicted octanol–water partition coefficient (Wildman–Crippen LogP) is 2.35. The van der Waals surface area contributed by atoms with Crippen LogP contribution in [0.15, 0.2) is 24.3 Å². The Morgan fingerprint density at radius 2 is 1.53 bits per heavy atom. The topological polar surface area (TPSA) is 107 Å². The SMILES string of the molecule is O=C(CN1CCC(COCc2ccc(Cl)cc2)CC1)N1CCCC1.O=C(O)C(=O)O. The van der Waals surface area contributed by atoms with E-state index < -0.39 is 11.9 Å². The molecule has 30 heavy (non-hydrogen) atoms. The minimum absolute atomic E-state index is 0.310. The van der Waals surface area contributed by atoms with E-state index in [0.717, 1.165) is 56.2 Å². The average Bonchev–Trinajstić information content (AvgIpc) is 3.26. The van der Waals surface area contributed by atoms with E-state index in [0.29, 0.717) is 25.0 Å². The zero-order valence-electron chi connectivity index (χ0n) is 17.0. The number of carbonyl (C=O) groups excluding carboxylic acids is 1. The van der Waals surface area contributed by atoms with Crippen molar-refractivity contribution in [2.75, 3.05) is 39.3 Å². The van der Waals surface area contributed by atoms with Crippen molar-refractivity contribution in [2.45, 2.75) is 32.3 Å². The van der Waals surface area contributed by atoms with Gasteiger partial charge in [0.1, 0.15) is 0 Å². The number of carboxylic acid groups (broad SMARTS) is 2. The third kappa shape index (κ3) is 8.69. The summed E-state index contributed by atoms with van der Waals surface area (Å²) in [6.07, 6.45) is 4.57. The predicted molar refractivity (Wildman–Crippen MR) is 111 cm³/mol. The minimum atomic E-state index is -1.82. The molecule has 2 N–H and O–H groups in total. The monoisotopic (exact) mass is 440 g/mol. The summed E-state index contributed by atoms with van der Waals surface area (Å²) < 4.78 is 5.86. The molecule has 0 aromatic heterocycles. The molecule has 8 nitrogen and oxygen atoms in total. The number of piperidine rings is 1. The highest BCUT2D eigenvalue weighted by atomic mass is 35.5. The van der Waals surface area contributed by atoms with Gasteiger partial charge in [0.2, 0.25) is 5.91 Å². The third-order valence-corrected chi connectivity index (χ3v) is 5.50. The molecule has 9 heteroatoms. The van der Waals surface area contributed by atoms with Gasteiger partial charge in [0.15, 0.2) is 0 Å². The van der Waals surface area contributed by atoms with Gasteiger partial charge in [-0.1, -0.05) is 23.7 Å². The highest BCUT2D eigenvalue weighted by Crippen LogP contribution is 2.19. The molecule has 0 unspecified atom stereocenters. The quantitative estimate of drug-likeness (QED) is 0.653. The summed E-state index contributed by atoms with van der Waals surface area (Å²) in [6, 6.07) is 7.82. The number of nitrogens with zero attached hydrogens (tertiary/aromatic N) is 2. The molecule has 1 aromatic rings. The maximum atomic E-state index is 12.2. The molecular formula is C21H29ClN2O6. The van der Waals surface area contributed by atoms with Crippen LogP contribution in [-0.4, -0.2) is 77.2 Å². The highest BCUT2D eigenvalue weighted by molar-refractivity contribution is 6.30. The van der Waals surface area contributed by atoms with Crippen molar-refractivity contribution in [3.8, 4) is 0 Å². The van der Waals surface area contributed by atoms with E-state index in [4.69, 9.17) is 36.1 Å². The molecule has 0 spiro atoms. The number of ether oxygens (including phenoxy) is 1. The van der Waals surface area contributed by atoms with Gasteiger partial charge in [0.05, 0.1) is 13.2 Å². The first-order valence-corrected chi connectivity index (χ1v) is 10.5. The maximum Gasteiger partial charge on any atom is 0.414 e. The summed E-state index contributed by atoms with van der Waals surface area (Å²) in [5.41, 5.74) is 1.16. The smallest absolute Gasteiger partial charge is 0.414 e. The fraction of sp³-hybridized carbons (Fsp3) is 0.571. The molecule has 3 rings (SSSR count). The summed E-state index contributed by atoms with van der Waals surface area (Å²) in [4.78, 5) is 34.7. The fourth-order valence-corrected chi connectivity index (χ4v) is 3.62. The summed E-state index contributed by atoms with van der Waals surface area (Å²) in [5, 5.41) is 15.5. The standard InChI is InChI=1S/C19H27ClN2O2.C2H2O4/c20-18-5-3-16(4-6-18)14-24-15-17-7-11-21(12-8-17)13-19(23)22-9-1-2-10-22;3-1(4)2(5)6/h3-6,17H,1-2,7-15H2;(H,3,4)(H,5,6). The van der Waals surface area contributed by atoms with E-state index >= 15 is 0 Å². The van der Waals surface area contributed by atoms with Gasteiger partial charge in [-0.15, -0.1) is 0 Å². The molecule has 2 saturated heterocycles. The van der Waals surface area contributed by atoms with Crippen LogP contribution in [0.4, 0.5) is 0 Å². The highest BCUT2D eigenvalue weighted by Gasteiger charge is 2.24. The molecule has 0 saturated carbocycles. The summed E-state index contributed by atoms with van der Waals surface area (Å²) in [5.74, 6) is -2.73. The van der Waals surface area contributed by atoms with E-state index in [9.17, 15) is 4.79 Å². The Hall–Kier alpha value is -2.16. The average molecular weight is 441 g/mol. The van der Waals surface area contributed by atoms with E-state index in [1.807, 2.05) is 29.2 Å². The number of rotatable bonds is 6. The van der Waals surface area contributed by atoms with Gasteiger partial charge in [-0.2, -0.15) is 0 Å². The van der Waals surface area contributed by atoms with Gasteiger partial charge in [0, 0.05) is 24.7 Å². The van der Waals surface area contributed by atoms with Gasteiger partial charge in [0.25, 0.3) is 0 Å². The molecule has 1 aromatic carbocycles. The number of amides is 1. The van der Waals surface area contributed by atoms with E-state index in [1.165, 1.54) is 12.8 Å². The molecule has 0 aliphatic carbocycles. The molecule has 2 fully saturated rings. The van der Waals surface area contributed by atoms with Crippen molar-refractivity contribution in [1.82, 2.24) is 9.80 Å². The molecule has 0 bridgehead atoms. The molecule has 2 aliphatic rings. The van der Waals surface area contributed by atoms with Crippen LogP contribution in [0.1, 0.15) is 31.2 Å². The summed E-state index contributed by atoms with van der Waals surface area (Å²) >= 11 is 5.89. The maximum absolute atomic E-state index is 12.2. The molecule has 2 aliphatic heterocycles. The zero-order valence-corrected chi connectivity index (χ0v) is 17.7. The second-order valence-corrected chi connectivity index (χ2v) is 8.00. The van der Waals surface area contributed by atoms with Crippen LogP contribution < -0.4 is 0 Å². The van der Waals surface area contributed by atoms with Gasteiger partial charge >= 0.3 is 11.9 Å². The Morgan fingerprint density at radius 3 is 2.07 bits per heavy atom. The largest absolute Gasteiger partial charge is 0.473 e. The van der Waals surface area contributed by atoms with Crippen molar-refractivity contribution < 1.29 is 29.3 Å². The molecule has 166 valence electrons. The fourth-order valence-electron chi connectivity index (χ4n) is 3.49. The molecule has 1 amide bonds. The second-order valence-electron chi connectivity index (χ2n) is 7.56. The van der Waals surface area contributed by atoms with Crippen molar-refractivity contribution in [2.24, 2.45) is 5.92 Å². The van der Waals surface area contributed by atoms with E-state index in [2.05, 4.69) is 4.90 Å². The van der Waals surface area contributed by atoms with Gasteiger partial charge in [-0.05, 0) is 62.4 Å². The van der Waals surface area contributed by atoms with Crippen molar-refractivity contribution in [3.63, 3.8) is 0 Å². The zero-order chi connectivity index (χ0) is 21.9. The number of likely N-dealkylation sites (tertiary alicyclic amines) is 2. The lowest BCUT2D eigenvalue weighted by Gasteiger charge is -2.32. The lowest BCUT2D eigenvalue weighted by molar-refractivity contribution is -0.159. The van der Waals surface area contributed by atoms with Crippen LogP contribution >= 0.6 is 11.6 Å². The Labute approximate surface area is 181 Å².